The van der Waals surface area contributed by atoms with E-state index in [4.69, 9.17) is 21.1 Å². The molecule has 1 fully saturated rings. The fourth-order valence-corrected chi connectivity index (χ4v) is 3.45. The Labute approximate surface area is 169 Å². The summed E-state index contributed by atoms with van der Waals surface area (Å²) in [6.07, 6.45) is 1.22. The normalized spacial score (nSPS) is 14.5. The number of hydrogen-bond acceptors (Lipinski definition) is 4. The lowest BCUT2D eigenvalue weighted by molar-refractivity contribution is -0.121. The number of halogens is 1. The molecule has 0 aromatic heterocycles. The number of likely N-dealkylation sites (tertiary alicyclic amines) is 1. The maximum atomic E-state index is 12.6. The van der Waals surface area contributed by atoms with Gasteiger partial charge in [-0.3, -0.25) is 9.59 Å². The van der Waals surface area contributed by atoms with Gasteiger partial charge in [0.1, 0.15) is 11.5 Å². The Bertz CT molecular complexity index is 846. The molecule has 0 atom stereocenters. The zero-order valence-corrected chi connectivity index (χ0v) is 16.7. The van der Waals surface area contributed by atoms with E-state index in [1.807, 2.05) is 0 Å². The van der Waals surface area contributed by atoms with Crippen LogP contribution in [0.3, 0.4) is 0 Å². The minimum atomic E-state index is -0.163. The minimum Gasteiger partial charge on any atom is -0.497 e. The molecule has 0 saturated carbocycles. The van der Waals surface area contributed by atoms with E-state index in [0.29, 0.717) is 53.7 Å². The first-order chi connectivity index (χ1) is 13.5. The highest BCUT2D eigenvalue weighted by molar-refractivity contribution is 6.31. The first-order valence-electron chi connectivity index (χ1n) is 9.09. The van der Waals surface area contributed by atoms with Crippen LogP contribution in [0, 0.1) is 5.92 Å². The standard InChI is InChI=1S/C21H23ClN2O4/c1-27-17-6-3-15(4-7-17)21(26)24-11-9-14(10-12-24)20(25)23-18-13-16(22)5-8-19(18)28-2/h3-8,13-14H,9-12H2,1-2H3,(H,23,25). The highest BCUT2D eigenvalue weighted by Gasteiger charge is 2.28. The average molecular weight is 403 g/mol. The van der Waals surface area contributed by atoms with Crippen LogP contribution in [0.5, 0.6) is 11.5 Å². The molecule has 2 amide bonds. The number of amides is 2. The lowest BCUT2D eigenvalue weighted by Gasteiger charge is -2.31. The number of ether oxygens (including phenoxy) is 2. The van der Waals surface area contributed by atoms with E-state index in [0.717, 1.165) is 0 Å². The smallest absolute Gasteiger partial charge is 0.253 e. The van der Waals surface area contributed by atoms with Crippen LogP contribution < -0.4 is 14.8 Å². The Morgan fingerprint density at radius 1 is 1.04 bits per heavy atom. The summed E-state index contributed by atoms with van der Waals surface area (Å²) in [6, 6.07) is 12.1. The van der Waals surface area contributed by atoms with Gasteiger partial charge in [-0.1, -0.05) is 11.6 Å². The van der Waals surface area contributed by atoms with E-state index in [9.17, 15) is 9.59 Å². The molecule has 1 aliphatic heterocycles. The SMILES string of the molecule is COc1ccc(C(=O)N2CCC(C(=O)Nc3cc(Cl)ccc3OC)CC2)cc1. The zero-order chi connectivity index (χ0) is 20.1. The summed E-state index contributed by atoms with van der Waals surface area (Å²) in [7, 11) is 3.13. The third-order valence-corrected chi connectivity index (χ3v) is 5.14. The van der Waals surface area contributed by atoms with Crippen molar-refractivity contribution in [3.63, 3.8) is 0 Å². The Kier molecular flexibility index (Phi) is 6.41. The quantitative estimate of drug-likeness (QED) is 0.824. The molecule has 6 nitrogen and oxygen atoms in total. The summed E-state index contributed by atoms with van der Waals surface area (Å²) >= 11 is 6.02. The summed E-state index contributed by atoms with van der Waals surface area (Å²) in [6.45, 7) is 1.07. The molecule has 1 saturated heterocycles. The minimum absolute atomic E-state index is 0.0296. The topological polar surface area (TPSA) is 67.9 Å². The number of rotatable bonds is 5. The van der Waals surface area contributed by atoms with Crippen LogP contribution in [0.2, 0.25) is 5.02 Å². The molecule has 1 aliphatic rings. The Balaban J connectivity index is 1.58. The van der Waals surface area contributed by atoms with Crippen molar-refractivity contribution in [1.29, 1.82) is 0 Å². The first-order valence-corrected chi connectivity index (χ1v) is 9.47. The summed E-state index contributed by atoms with van der Waals surface area (Å²) < 4.78 is 10.4. The Morgan fingerprint density at radius 2 is 1.71 bits per heavy atom. The molecule has 7 heteroatoms. The van der Waals surface area contributed by atoms with Gasteiger partial charge in [0.2, 0.25) is 5.91 Å². The van der Waals surface area contributed by atoms with Crippen molar-refractivity contribution in [2.24, 2.45) is 5.92 Å². The van der Waals surface area contributed by atoms with Gasteiger partial charge in [-0.05, 0) is 55.3 Å². The number of benzene rings is 2. The monoisotopic (exact) mass is 402 g/mol. The Hall–Kier alpha value is -2.73. The average Bonchev–Trinajstić information content (AvgIpc) is 2.73. The van der Waals surface area contributed by atoms with E-state index in [2.05, 4.69) is 5.32 Å². The molecular formula is C21H23ClN2O4. The van der Waals surface area contributed by atoms with Gasteiger partial charge in [-0.15, -0.1) is 0 Å². The molecule has 148 valence electrons. The van der Waals surface area contributed by atoms with E-state index in [1.165, 1.54) is 0 Å². The van der Waals surface area contributed by atoms with Crippen LogP contribution in [0.1, 0.15) is 23.2 Å². The maximum Gasteiger partial charge on any atom is 0.253 e. The number of anilines is 1. The second-order valence-corrected chi connectivity index (χ2v) is 7.07. The number of carbonyl (C=O) groups excluding carboxylic acids is 2. The summed E-state index contributed by atoms with van der Waals surface area (Å²) in [5, 5.41) is 3.42. The first kappa shape index (κ1) is 20.0. The number of hydrogen-bond donors (Lipinski definition) is 1. The van der Waals surface area contributed by atoms with Crippen molar-refractivity contribution in [2.75, 3.05) is 32.6 Å². The maximum absolute atomic E-state index is 12.6. The number of methoxy groups -OCH3 is 2. The van der Waals surface area contributed by atoms with Gasteiger partial charge >= 0.3 is 0 Å². The molecule has 2 aromatic rings. The molecule has 0 aliphatic carbocycles. The van der Waals surface area contributed by atoms with Crippen LogP contribution >= 0.6 is 11.6 Å². The fourth-order valence-electron chi connectivity index (χ4n) is 3.27. The predicted octanol–water partition coefficient (Wildman–Crippen LogP) is 3.85. The van der Waals surface area contributed by atoms with Crippen molar-refractivity contribution in [1.82, 2.24) is 4.90 Å². The molecular weight excluding hydrogens is 380 g/mol. The van der Waals surface area contributed by atoms with Gasteiger partial charge in [0, 0.05) is 29.6 Å². The summed E-state index contributed by atoms with van der Waals surface area (Å²) in [5.41, 5.74) is 1.17. The number of nitrogens with one attached hydrogen (secondary N) is 1. The third-order valence-electron chi connectivity index (χ3n) is 4.91. The molecule has 0 spiro atoms. The van der Waals surface area contributed by atoms with Gasteiger partial charge in [-0.25, -0.2) is 0 Å². The molecule has 0 bridgehead atoms. The van der Waals surface area contributed by atoms with Crippen LogP contribution in [0.25, 0.3) is 0 Å². The molecule has 1 heterocycles. The van der Waals surface area contributed by atoms with Crippen molar-refractivity contribution in [3.05, 3.63) is 53.1 Å². The van der Waals surface area contributed by atoms with Crippen molar-refractivity contribution < 1.29 is 19.1 Å². The largest absolute Gasteiger partial charge is 0.497 e. The van der Waals surface area contributed by atoms with Crippen molar-refractivity contribution >= 4 is 29.1 Å². The molecule has 3 rings (SSSR count). The number of piperidine rings is 1. The van der Waals surface area contributed by atoms with E-state index in [1.54, 1.807) is 61.6 Å². The third kappa shape index (κ3) is 4.57. The zero-order valence-electron chi connectivity index (χ0n) is 15.9. The lowest BCUT2D eigenvalue weighted by atomic mass is 9.95. The second-order valence-electron chi connectivity index (χ2n) is 6.63. The van der Waals surface area contributed by atoms with Crippen LogP contribution in [0.15, 0.2) is 42.5 Å². The van der Waals surface area contributed by atoms with Gasteiger partial charge in [0.25, 0.3) is 5.91 Å². The predicted molar refractivity (Wildman–Crippen MR) is 108 cm³/mol. The van der Waals surface area contributed by atoms with E-state index in [-0.39, 0.29) is 17.7 Å². The lowest BCUT2D eigenvalue weighted by Crippen LogP contribution is -2.41. The van der Waals surface area contributed by atoms with Crippen LogP contribution in [0.4, 0.5) is 5.69 Å². The van der Waals surface area contributed by atoms with Gasteiger partial charge in [0.05, 0.1) is 19.9 Å². The summed E-state index contributed by atoms with van der Waals surface area (Å²) in [4.78, 5) is 27.1. The van der Waals surface area contributed by atoms with Gasteiger partial charge < -0.3 is 19.7 Å². The van der Waals surface area contributed by atoms with Gasteiger partial charge in [0.15, 0.2) is 0 Å². The molecule has 1 N–H and O–H groups in total. The molecule has 28 heavy (non-hydrogen) atoms. The van der Waals surface area contributed by atoms with Crippen molar-refractivity contribution in [3.8, 4) is 11.5 Å². The molecule has 2 aromatic carbocycles. The van der Waals surface area contributed by atoms with E-state index >= 15 is 0 Å². The second kappa shape index (κ2) is 8.97. The fraction of sp³-hybridized carbons (Fsp3) is 0.333. The Morgan fingerprint density at radius 3 is 2.32 bits per heavy atom. The number of nitrogens with zero attached hydrogens (tertiary/aromatic N) is 1. The molecule has 0 unspecified atom stereocenters. The van der Waals surface area contributed by atoms with Crippen LogP contribution in [-0.2, 0) is 4.79 Å². The highest BCUT2D eigenvalue weighted by atomic mass is 35.5. The van der Waals surface area contributed by atoms with E-state index < -0.39 is 0 Å². The number of carbonyl (C=O) groups is 2. The highest BCUT2D eigenvalue weighted by Crippen LogP contribution is 2.29. The van der Waals surface area contributed by atoms with Crippen LogP contribution in [-0.4, -0.2) is 44.0 Å². The van der Waals surface area contributed by atoms with Crippen molar-refractivity contribution in [2.45, 2.75) is 12.8 Å². The molecule has 0 radical (unpaired) electrons. The van der Waals surface area contributed by atoms with Gasteiger partial charge in [-0.2, -0.15) is 0 Å². The summed E-state index contributed by atoms with van der Waals surface area (Å²) in [5.74, 6) is 0.993.